The van der Waals surface area contributed by atoms with Gasteiger partial charge in [0.2, 0.25) is 5.88 Å². The number of ether oxygens (including phenoxy) is 1. The van der Waals surface area contributed by atoms with Crippen LogP contribution in [-0.2, 0) is 0 Å². The molecule has 3 rings (SSSR count). The largest absolute Gasteiger partial charge is 0.438 e. The van der Waals surface area contributed by atoms with Gasteiger partial charge in [-0.3, -0.25) is 4.98 Å². The molecule has 20 heavy (non-hydrogen) atoms. The summed E-state index contributed by atoms with van der Waals surface area (Å²) in [5, 5.41) is 0.912. The second kappa shape index (κ2) is 5.22. The van der Waals surface area contributed by atoms with Crippen molar-refractivity contribution in [1.82, 2.24) is 9.97 Å². The van der Waals surface area contributed by atoms with Crippen LogP contribution in [0.1, 0.15) is 5.56 Å². The molecule has 4 nitrogen and oxygen atoms in total. The smallest absolute Gasteiger partial charge is 0.229 e. The Morgan fingerprint density at radius 1 is 1.00 bits per heavy atom. The number of pyridine rings is 2. The minimum atomic E-state index is 0.256. The third-order valence-corrected chi connectivity index (χ3v) is 3.07. The summed E-state index contributed by atoms with van der Waals surface area (Å²) in [6, 6.07) is 13.0. The van der Waals surface area contributed by atoms with E-state index < -0.39 is 0 Å². The van der Waals surface area contributed by atoms with E-state index in [9.17, 15) is 0 Å². The summed E-state index contributed by atoms with van der Waals surface area (Å²) in [6.45, 7) is 0. The molecule has 0 unspecified atom stereocenters. The molecule has 1 aromatic carbocycles. The lowest BCUT2D eigenvalue weighted by atomic mass is 10.2. The van der Waals surface area contributed by atoms with Gasteiger partial charge in [-0.25, -0.2) is 4.98 Å². The number of nitrogens with two attached hydrogens (primary N) is 1. The molecule has 0 aliphatic heterocycles. The lowest BCUT2D eigenvalue weighted by Gasteiger charge is -2.10. The van der Waals surface area contributed by atoms with Crippen molar-refractivity contribution in [3.05, 3.63) is 60.4 Å². The second-order valence-electron chi connectivity index (χ2n) is 4.15. The van der Waals surface area contributed by atoms with Gasteiger partial charge in [-0.15, -0.1) is 0 Å². The standard InChI is InChI=1S/C15H11N3OS/c16-14(20)11-5-3-9-18-15(11)19-13-7-1-6-12-10(13)4-2-8-17-12/h1-9H,(H2,16,20). The van der Waals surface area contributed by atoms with Gasteiger partial charge in [0.05, 0.1) is 11.1 Å². The number of aromatic nitrogens is 2. The number of fused-ring (bicyclic) bond motifs is 1. The first kappa shape index (κ1) is 12.5. The van der Waals surface area contributed by atoms with E-state index in [0.717, 1.165) is 10.9 Å². The molecule has 0 bridgehead atoms. The minimum Gasteiger partial charge on any atom is -0.438 e. The lowest BCUT2D eigenvalue weighted by Crippen LogP contribution is -2.11. The third kappa shape index (κ3) is 2.31. The van der Waals surface area contributed by atoms with E-state index in [1.54, 1.807) is 24.5 Å². The van der Waals surface area contributed by atoms with E-state index in [1.807, 2.05) is 30.3 Å². The van der Waals surface area contributed by atoms with Gasteiger partial charge in [0.15, 0.2) is 0 Å². The summed E-state index contributed by atoms with van der Waals surface area (Å²) in [5.41, 5.74) is 7.15. The van der Waals surface area contributed by atoms with Crippen molar-refractivity contribution in [2.75, 3.05) is 0 Å². The third-order valence-electron chi connectivity index (χ3n) is 2.85. The van der Waals surface area contributed by atoms with Crippen LogP contribution in [-0.4, -0.2) is 15.0 Å². The SMILES string of the molecule is NC(=S)c1cccnc1Oc1cccc2ncccc12. The molecule has 0 saturated heterocycles. The summed E-state index contributed by atoms with van der Waals surface area (Å²) >= 11 is 5.01. The van der Waals surface area contributed by atoms with E-state index in [2.05, 4.69) is 9.97 Å². The van der Waals surface area contributed by atoms with Gasteiger partial charge in [-0.05, 0) is 36.4 Å². The number of benzene rings is 1. The summed E-state index contributed by atoms with van der Waals surface area (Å²) in [7, 11) is 0. The Balaban J connectivity index is 2.08. The maximum Gasteiger partial charge on any atom is 0.229 e. The van der Waals surface area contributed by atoms with Gasteiger partial charge >= 0.3 is 0 Å². The predicted octanol–water partition coefficient (Wildman–Crippen LogP) is 3.06. The highest BCUT2D eigenvalue weighted by Gasteiger charge is 2.10. The van der Waals surface area contributed by atoms with Crippen LogP contribution >= 0.6 is 12.2 Å². The molecule has 2 heterocycles. The quantitative estimate of drug-likeness (QED) is 0.748. The van der Waals surface area contributed by atoms with Crippen LogP contribution in [0.3, 0.4) is 0 Å². The van der Waals surface area contributed by atoms with Crippen molar-refractivity contribution in [2.45, 2.75) is 0 Å². The zero-order valence-electron chi connectivity index (χ0n) is 10.5. The highest BCUT2D eigenvalue weighted by atomic mass is 32.1. The number of hydrogen-bond acceptors (Lipinski definition) is 4. The molecular formula is C15H11N3OS. The first-order chi connectivity index (χ1) is 9.75. The zero-order valence-corrected chi connectivity index (χ0v) is 11.3. The highest BCUT2D eigenvalue weighted by Crippen LogP contribution is 2.29. The average molecular weight is 281 g/mol. The van der Waals surface area contributed by atoms with E-state index >= 15 is 0 Å². The molecule has 5 heteroatoms. The van der Waals surface area contributed by atoms with Crippen molar-refractivity contribution in [3.8, 4) is 11.6 Å². The predicted molar refractivity (Wildman–Crippen MR) is 81.9 cm³/mol. The molecule has 2 aromatic heterocycles. The van der Waals surface area contributed by atoms with E-state index in [1.165, 1.54) is 0 Å². The fourth-order valence-electron chi connectivity index (χ4n) is 1.93. The van der Waals surface area contributed by atoms with Crippen LogP contribution < -0.4 is 10.5 Å². The van der Waals surface area contributed by atoms with Gasteiger partial charge in [0, 0.05) is 17.8 Å². The van der Waals surface area contributed by atoms with Crippen molar-refractivity contribution < 1.29 is 4.74 Å². The zero-order chi connectivity index (χ0) is 13.9. The Bertz CT molecular complexity index is 783. The molecule has 0 aliphatic rings. The van der Waals surface area contributed by atoms with Crippen LogP contribution in [0.25, 0.3) is 10.9 Å². The topological polar surface area (TPSA) is 61.0 Å². The van der Waals surface area contributed by atoms with E-state index in [-0.39, 0.29) is 4.99 Å². The first-order valence-corrected chi connectivity index (χ1v) is 6.43. The Kier molecular flexibility index (Phi) is 3.26. The van der Waals surface area contributed by atoms with Crippen LogP contribution in [0, 0.1) is 0 Å². The molecule has 0 fully saturated rings. The number of hydrogen-bond donors (Lipinski definition) is 1. The molecule has 98 valence electrons. The Hall–Kier alpha value is -2.53. The summed E-state index contributed by atoms with van der Waals surface area (Å²) in [4.78, 5) is 8.74. The number of rotatable bonds is 3. The fraction of sp³-hybridized carbons (Fsp3) is 0. The van der Waals surface area contributed by atoms with Crippen LogP contribution in [0.15, 0.2) is 54.9 Å². The van der Waals surface area contributed by atoms with Crippen molar-refractivity contribution in [2.24, 2.45) is 5.73 Å². The van der Waals surface area contributed by atoms with Crippen molar-refractivity contribution in [1.29, 1.82) is 0 Å². The molecule has 0 atom stereocenters. The molecular weight excluding hydrogens is 270 g/mol. The van der Waals surface area contributed by atoms with Crippen molar-refractivity contribution >= 4 is 28.1 Å². The van der Waals surface area contributed by atoms with E-state index in [0.29, 0.717) is 17.2 Å². The molecule has 0 amide bonds. The van der Waals surface area contributed by atoms with Crippen LogP contribution in [0.4, 0.5) is 0 Å². The fourth-order valence-corrected chi connectivity index (χ4v) is 2.08. The monoisotopic (exact) mass is 281 g/mol. The van der Waals surface area contributed by atoms with E-state index in [4.69, 9.17) is 22.7 Å². The second-order valence-corrected chi connectivity index (χ2v) is 4.59. The van der Waals surface area contributed by atoms with Gasteiger partial charge < -0.3 is 10.5 Å². The van der Waals surface area contributed by atoms with Crippen LogP contribution in [0.5, 0.6) is 11.6 Å². The molecule has 0 radical (unpaired) electrons. The van der Waals surface area contributed by atoms with Crippen LogP contribution in [0.2, 0.25) is 0 Å². The normalized spacial score (nSPS) is 10.4. The van der Waals surface area contributed by atoms with Gasteiger partial charge in [-0.1, -0.05) is 18.3 Å². The highest BCUT2D eigenvalue weighted by molar-refractivity contribution is 7.80. The number of nitrogens with zero attached hydrogens (tertiary/aromatic N) is 2. The summed E-state index contributed by atoms with van der Waals surface area (Å²) in [5.74, 6) is 1.07. The average Bonchev–Trinajstić information content (AvgIpc) is 2.48. The maximum atomic E-state index is 5.87. The summed E-state index contributed by atoms with van der Waals surface area (Å²) < 4.78 is 5.87. The van der Waals surface area contributed by atoms with Gasteiger partial charge in [0.25, 0.3) is 0 Å². The molecule has 0 aliphatic carbocycles. The van der Waals surface area contributed by atoms with Crippen molar-refractivity contribution in [3.63, 3.8) is 0 Å². The molecule has 3 aromatic rings. The molecule has 0 saturated carbocycles. The Morgan fingerprint density at radius 2 is 1.80 bits per heavy atom. The first-order valence-electron chi connectivity index (χ1n) is 6.02. The Labute approximate surface area is 121 Å². The maximum absolute atomic E-state index is 5.87. The summed E-state index contributed by atoms with van der Waals surface area (Å²) in [6.07, 6.45) is 3.38. The van der Waals surface area contributed by atoms with Gasteiger partial charge in [-0.2, -0.15) is 0 Å². The molecule has 2 N–H and O–H groups in total. The lowest BCUT2D eigenvalue weighted by molar-refractivity contribution is 0.467. The minimum absolute atomic E-state index is 0.256. The number of thiocarbonyl (C=S) groups is 1. The molecule has 0 spiro atoms. The Morgan fingerprint density at radius 3 is 2.65 bits per heavy atom. The van der Waals surface area contributed by atoms with Gasteiger partial charge in [0.1, 0.15) is 10.7 Å².